The van der Waals surface area contributed by atoms with Crippen molar-refractivity contribution in [3.05, 3.63) is 102 Å². The Morgan fingerprint density at radius 1 is 0.971 bits per heavy atom. The van der Waals surface area contributed by atoms with Crippen LogP contribution in [0.25, 0.3) is 17.0 Å². The molecule has 0 radical (unpaired) electrons. The van der Waals surface area contributed by atoms with Gasteiger partial charge in [0.1, 0.15) is 5.75 Å². The quantitative estimate of drug-likeness (QED) is 0.417. The lowest BCUT2D eigenvalue weighted by Gasteiger charge is -2.35. The molecule has 3 aromatic carbocycles. The molecule has 7 heteroatoms. The summed E-state index contributed by atoms with van der Waals surface area (Å²) in [5, 5.41) is 7.35. The van der Waals surface area contributed by atoms with Crippen LogP contribution in [-0.4, -0.2) is 23.3 Å². The maximum atomic E-state index is 13.3. The van der Waals surface area contributed by atoms with Crippen molar-refractivity contribution in [2.24, 2.45) is 0 Å². The number of nitrogens with zero attached hydrogens (tertiary/aromatic N) is 3. The van der Waals surface area contributed by atoms with E-state index in [0.29, 0.717) is 17.5 Å². The lowest BCUT2D eigenvalue weighted by molar-refractivity contribution is 0.244. The predicted octanol–water partition coefficient (Wildman–Crippen LogP) is 5.76. The molecule has 0 saturated carbocycles. The molecule has 1 unspecified atom stereocenters. The van der Waals surface area contributed by atoms with Crippen molar-refractivity contribution in [3.8, 4) is 17.1 Å². The molecule has 1 aromatic heterocycles. The average Bonchev–Trinajstić information content (AvgIpc) is 3.34. The first-order valence-corrected chi connectivity index (χ1v) is 11.0. The lowest BCUT2D eigenvalue weighted by Crippen LogP contribution is -2.46. The van der Waals surface area contributed by atoms with Crippen LogP contribution in [0, 0.1) is 6.92 Å². The van der Waals surface area contributed by atoms with Crippen molar-refractivity contribution in [2.75, 3.05) is 12.0 Å². The third-order valence-corrected chi connectivity index (χ3v) is 5.86. The van der Waals surface area contributed by atoms with Gasteiger partial charge in [-0.05, 0) is 49.2 Å². The molecule has 1 atom stereocenters. The highest BCUT2D eigenvalue weighted by Gasteiger charge is 2.36. The van der Waals surface area contributed by atoms with E-state index in [1.54, 1.807) is 12.0 Å². The second kappa shape index (κ2) is 8.86. The number of anilines is 1. The molecule has 34 heavy (non-hydrogen) atoms. The lowest BCUT2D eigenvalue weighted by atomic mass is 9.94. The zero-order valence-corrected chi connectivity index (χ0v) is 19.1. The number of methoxy groups -OCH3 is 1. The number of ether oxygens (including phenoxy) is 1. The number of benzene rings is 3. The Balaban J connectivity index is 1.65. The smallest absolute Gasteiger partial charge is 0.326 e. The molecule has 1 aliphatic rings. The van der Waals surface area contributed by atoms with Gasteiger partial charge in [0.2, 0.25) is 5.82 Å². The molecule has 2 heterocycles. The summed E-state index contributed by atoms with van der Waals surface area (Å²) in [5.74, 6) is 1.50. The minimum absolute atomic E-state index is 0.215. The number of urea groups is 1. The molecule has 5 rings (SSSR count). The summed E-state index contributed by atoms with van der Waals surface area (Å²) in [5.41, 5.74) is 5.00. The Morgan fingerprint density at radius 2 is 1.76 bits per heavy atom. The van der Waals surface area contributed by atoms with Gasteiger partial charge in [0.25, 0.3) is 5.89 Å². The van der Waals surface area contributed by atoms with E-state index < -0.39 is 6.04 Å². The van der Waals surface area contributed by atoms with Crippen LogP contribution in [0.1, 0.15) is 30.0 Å². The molecular formula is C27H24N4O3. The molecule has 7 nitrogen and oxygen atoms in total. The maximum absolute atomic E-state index is 13.3. The Labute approximate surface area is 197 Å². The number of aryl methyl sites for hydroxylation is 1. The van der Waals surface area contributed by atoms with Crippen LogP contribution >= 0.6 is 0 Å². The Kier molecular flexibility index (Phi) is 5.59. The van der Waals surface area contributed by atoms with Gasteiger partial charge in [-0.1, -0.05) is 59.8 Å². The SMILES string of the molecule is COc1cccc(-c2noc(C3=C(C)N(c4cccc(C)c4)C(=O)NC3c3ccccc3)n2)c1. The van der Waals surface area contributed by atoms with Gasteiger partial charge >= 0.3 is 6.03 Å². The van der Waals surface area contributed by atoms with Gasteiger partial charge in [0, 0.05) is 11.3 Å². The van der Waals surface area contributed by atoms with Gasteiger partial charge in [-0.3, -0.25) is 4.90 Å². The Morgan fingerprint density at radius 3 is 2.53 bits per heavy atom. The largest absolute Gasteiger partial charge is 0.497 e. The third kappa shape index (κ3) is 3.92. The molecule has 0 aliphatic carbocycles. The molecular weight excluding hydrogens is 428 g/mol. The molecule has 1 aliphatic heterocycles. The highest BCUT2D eigenvalue weighted by atomic mass is 16.5. The summed E-state index contributed by atoms with van der Waals surface area (Å²) in [6, 6.07) is 24.4. The highest BCUT2D eigenvalue weighted by Crippen LogP contribution is 2.39. The minimum atomic E-state index is -0.437. The van der Waals surface area contributed by atoms with Crippen molar-refractivity contribution >= 4 is 17.3 Å². The number of hydrogen-bond donors (Lipinski definition) is 1. The Hall–Kier alpha value is -4.39. The van der Waals surface area contributed by atoms with Crippen LogP contribution in [0.15, 0.2) is 89.1 Å². The van der Waals surface area contributed by atoms with Crippen LogP contribution in [0.3, 0.4) is 0 Å². The number of aromatic nitrogens is 2. The van der Waals surface area contributed by atoms with Crippen LogP contribution in [0.4, 0.5) is 10.5 Å². The summed E-state index contributed by atoms with van der Waals surface area (Å²) >= 11 is 0. The van der Waals surface area contributed by atoms with Gasteiger partial charge in [0.05, 0.1) is 24.4 Å². The first-order chi connectivity index (χ1) is 16.5. The second-order valence-electron chi connectivity index (χ2n) is 8.12. The van der Waals surface area contributed by atoms with Crippen molar-refractivity contribution in [2.45, 2.75) is 19.9 Å². The van der Waals surface area contributed by atoms with E-state index in [-0.39, 0.29) is 6.03 Å². The van der Waals surface area contributed by atoms with E-state index in [1.807, 2.05) is 92.7 Å². The van der Waals surface area contributed by atoms with Crippen LogP contribution in [0.2, 0.25) is 0 Å². The monoisotopic (exact) mass is 452 g/mol. The second-order valence-corrected chi connectivity index (χ2v) is 8.12. The van der Waals surface area contributed by atoms with Gasteiger partial charge in [-0.2, -0.15) is 4.98 Å². The summed E-state index contributed by atoms with van der Waals surface area (Å²) in [6.45, 7) is 3.90. The zero-order valence-electron chi connectivity index (χ0n) is 19.1. The topological polar surface area (TPSA) is 80.5 Å². The van der Waals surface area contributed by atoms with Gasteiger partial charge in [0.15, 0.2) is 0 Å². The molecule has 2 amide bonds. The molecule has 0 saturated heterocycles. The standard InChI is InChI=1S/C27H24N4O3/c1-17-9-7-13-21(15-17)31-18(2)23(24(28-27(31)32)19-10-5-4-6-11-19)26-29-25(30-34-26)20-12-8-14-22(16-20)33-3/h4-16,24H,1-3H3,(H,28,32). The minimum Gasteiger partial charge on any atom is -0.497 e. The predicted molar refractivity (Wildman–Crippen MR) is 130 cm³/mol. The number of rotatable bonds is 5. The number of nitrogens with one attached hydrogen (secondary N) is 1. The van der Waals surface area contributed by atoms with Crippen LogP contribution in [-0.2, 0) is 0 Å². The van der Waals surface area contributed by atoms with Gasteiger partial charge in [-0.25, -0.2) is 4.79 Å². The highest BCUT2D eigenvalue weighted by molar-refractivity contribution is 6.01. The summed E-state index contributed by atoms with van der Waals surface area (Å²) < 4.78 is 11.1. The molecule has 0 spiro atoms. The molecule has 1 N–H and O–H groups in total. The summed E-state index contributed by atoms with van der Waals surface area (Å²) in [4.78, 5) is 19.6. The number of allylic oxidation sites excluding steroid dienone is 1. The van der Waals surface area contributed by atoms with Crippen molar-refractivity contribution in [3.63, 3.8) is 0 Å². The first-order valence-electron chi connectivity index (χ1n) is 11.0. The van der Waals surface area contributed by atoms with E-state index in [2.05, 4.69) is 10.5 Å². The van der Waals surface area contributed by atoms with Crippen molar-refractivity contribution in [1.82, 2.24) is 15.5 Å². The number of carbonyl (C=O) groups excluding carboxylic acids is 1. The van der Waals surface area contributed by atoms with Crippen LogP contribution in [0.5, 0.6) is 5.75 Å². The van der Waals surface area contributed by atoms with E-state index in [9.17, 15) is 4.79 Å². The van der Waals surface area contributed by atoms with Crippen molar-refractivity contribution < 1.29 is 14.1 Å². The maximum Gasteiger partial charge on any atom is 0.326 e. The zero-order chi connectivity index (χ0) is 23.7. The first kappa shape index (κ1) is 21.5. The molecule has 4 aromatic rings. The fourth-order valence-corrected chi connectivity index (χ4v) is 4.21. The van der Waals surface area contributed by atoms with Gasteiger partial charge < -0.3 is 14.6 Å². The number of amides is 2. The average molecular weight is 453 g/mol. The number of hydrogen-bond acceptors (Lipinski definition) is 5. The van der Waals surface area contributed by atoms with Crippen LogP contribution < -0.4 is 15.0 Å². The van der Waals surface area contributed by atoms with E-state index in [1.165, 1.54) is 0 Å². The summed E-state index contributed by atoms with van der Waals surface area (Å²) in [6.07, 6.45) is 0. The fourth-order valence-electron chi connectivity index (χ4n) is 4.21. The van der Waals surface area contributed by atoms with Crippen molar-refractivity contribution in [1.29, 1.82) is 0 Å². The molecule has 170 valence electrons. The molecule has 0 bridgehead atoms. The van der Waals surface area contributed by atoms with E-state index in [0.717, 1.165) is 33.6 Å². The Bertz CT molecular complexity index is 1380. The number of carbonyl (C=O) groups is 1. The normalized spacial score (nSPS) is 15.9. The third-order valence-electron chi connectivity index (χ3n) is 5.86. The molecule has 0 fully saturated rings. The van der Waals surface area contributed by atoms with Gasteiger partial charge in [-0.15, -0.1) is 0 Å². The van der Waals surface area contributed by atoms with E-state index >= 15 is 0 Å². The fraction of sp³-hybridized carbons (Fsp3) is 0.148. The summed E-state index contributed by atoms with van der Waals surface area (Å²) in [7, 11) is 1.62. The van der Waals surface area contributed by atoms with E-state index in [4.69, 9.17) is 14.2 Å².